The molecule has 0 aromatic carbocycles. The highest BCUT2D eigenvalue weighted by Crippen LogP contribution is 2.23. The van der Waals surface area contributed by atoms with Crippen molar-refractivity contribution in [3.05, 3.63) is 18.0 Å². The van der Waals surface area contributed by atoms with Gasteiger partial charge in [-0.05, 0) is 12.8 Å². The molecule has 0 bridgehead atoms. The third kappa shape index (κ3) is 2.36. The van der Waals surface area contributed by atoms with Gasteiger partial charge in [-0.25, -0.2) is 0 Å². The molecule has 1 aromatic rings. The lowest BCUT2D eigenvalue weighted by Crippen LogP contribution is -1.97. The number of nitrogens with zero attached hydrogens (tertiary/aromatic N) is 1. The number of aromatic nitrogens is 1. The molecular formula is C10H17NO. The van der Waals surface area contributed by atoms with E-state index in [1.165, 1.54) is 19.3 Å². The average molecular weight is 167 g/mol. The van der Waals surface area contributed by atoms with Crippen molar-refractivity contribution in [1.82, 2.24) is 5.16 Å². The molecule has 0 aliphatic heterocycles. The van der Waals surface area contributed by atoms with Crippen LogP contribution < -0.4 is 0 Å². The molecule has 2 heteroatoms. The Morgan fingerprint density at radius 3 is 2.83 bits per heavy atom. The van der Waals surface area contributed by atoms with Gasteiger partial charge in [-0.2, -0.15) is 0 Å². The number of hydrogen-bond donors (Lipinski definition) is 0. The van der Waals surface area contributed by atoms with E-state index < -0.39 is 0 Å². The van der Waals surface area contributed by atoms with Gasteiger partial charge >= 0.3 is 0 Å². The van der Waals surface area contributed by atoms with Crippen molar-refractivity contribution in [2.75, 3.05) is 0 Å². The minimum atomic E-state index is 0.601. The van der Waals surface area contributed by atoms with Gasteiger partial charge in [0.15, 0.2) is 0 Å². The molecule has 1 rings (SSSR count). The first kappa shape index (κ1) is 9.30. The molecule has 0 N–H and O–H groups in total. The molecule has 1 aromatic heterocycles. The van der Waals surface area contributed by atoms with Crippen LogP contribution in [-0.4, -0.2) is 5.16 Å². The third-order valence-electron chi connectivity index (χ3n) is 2.27. The van der Waals surface area contributed by atoms with Crippen LogP contribution >= 0.6 is 0 Å². The van der Waals surface area contributed by atoms with Gasteiger partial charge < -0.3 is 4.52 Å². The van der Waals surface area contributed by atoms with Gasteiger partial charge in [-0.15, -0.1) is 0 Å². The molecule has 0 spiro atoms. The van der Waals surface area contributed by atoms with E-state index in [1.807, 2.05) is 6.07 Å². The van der Waals surface area contributed by atoms with Crippen LogP contribution in [0.15, 0.2) is 16.9 Å². The number of hydrogen-bond acceptors (Lipinski definition) is 2. The topological polar surface area (TPSA) is 26.0 Å². The monoisotopic (exact) mass is 167 g/mol. The Bertz CT molecular complexity index is 194. The van der Waals surface area contributed by atoms with Crippen LogP contribution in [0.4, 0.5) is 0 Å². The van der Waals surface area contributed by atoms with E-state index in [9.17, 15) is 0 Å². The van der Waals surface area contributed by atoms with E-state index in [2.05, 4.69) is 19.0 Å². The lowest BCUT2D eigenvalue weighted by Gasteiger charge is -2.09. The Kier molecular flexibility index (Phi) is 3.85. The molecular weight excluding hydrogens is 150 g/mol. The molecule has 68 valence electrons. The predicted molar refractivity (Wildman–Crippen MR) is 49.1 cm³/mol. The summed E-state index contributed by atoms with van der Waals surface area (Å²) in [7, 11) is 0. The van der Waals surface area contributed by atoms with E-state index in [0.717, 1.165) is 12.1 Å². The molecule has 12 heavy (non-hydrogen) atoms. The van der Waals surface area contributed by atoms with Crippen LogP contribution in [0.3, 0.4) is 0 Å². The first-order chi connectivity index (χ1) is 5.88. The van der Waals surface area contributed by atoms with E-state index in [-0.39, 0.29) is 0 Å². The van der Waals surface area contributed by atoms with Crippen molar-refractivity contribution >= 4 is 0 Å². The molecule has 0 fully saturated rings. The second kappa shape index (κ2) is 4.96. The van der Waals surface area contributed by atoms with Crippen molar-refractivity contribution in [3.63, 3.8) is 0 Å². The summed E-state index contributed by atoms with van der Waals surface area (Å²) in [5, 5.41) is 3.97. The standard InChI is InChI=1S/C10H17NO/c1-3-5-6-9(4-2)10-7-8-12-11-10/h7-9H,3-6H2,1-2H3. The van der Waals surface area contributed by atoms with Gasteiger partial charge in [0.1, 0.15) is 6.26 Å². The van der Waals surface area contributed by atoms with Crippen molar-refractivity contribution < 1.29 is 4.52 Å². The van der Waals surface area contributed by atoms with Gasteiger partial charge in [0.2, 0.25) is 0 Å². The summed E-state index contributed by atoms with van der Waals surface area (Å²) in [5.74, 6) is 0.601. The zero-order valence-corrected chi connectivity index (χ0v) is 7.92. The zero-order chi connectivity index (χ0) is 8.81. The van der Waals surface area contributed by atoms with Gasteiger partial charge in [0.05, 0.1) is 5.69 Å². The fourth-order valence-electron chi connectivity index (χ4n) is 1.44. The van der Waals surface area contributed by atoms with Crippen LogP contribution in [0.1, 0.15) is 51.1 Å². The summed E-state index contributed by atoms with van der Waals surface area (Å²) >= 11 is 0. The summed E-state index contributed by atoms with van der Waals surface area (Å²) in [5.41, 5.74) is 1.12. The van der Waals surface area contributed by atoms with Crippen molar-refractivity contribution in [2.45, 2.75) is 45.4 Å². The summed E-state index contributed by atoms with van der Waals surface area (Å²) < 4.78 is 4.83. The van der Waals surface area contributed by atoms with Crippen LogP contribution in [-0.2, 0) is 0 Å². The molecule has 1 unspecified atom stereocenters. The van der Waals surface area contributed by atoms with E-state index in [1.54, 1.807) is 6.26 Å². The molecule has 0 radical (unpaired) electrons. The second-order valence-corrected chi connectivity index (χ2v) is 3.17. The summed E-state index contributed by atoms with van der Waals surface area (Å²) in [4.78, 5) is 0. The Hall–Kier alpha value is -0.790. The highest BCUT2D eigenvalue weighted by Gasteiger charge is 2.10. The minimum absolute atomic E-state index is 0.601. The summed E-state index contributed by atoms with van der Waals surface area (Å²) in [6, 6.07) is 1.98. The first-order valence-electron chi connectivity index (χ1n) is 4.78. The maximum absolute atomic E-state index is 4.83. The highest BCUT2D eigenvalue weighted by atomic mass is 16.5. The summed E-state index contributed by atoms with van der Waals surface area (Å²) in [6.45, 7) is 4.42. The first-order valence-corrected chi connectivity index (χ1v) is 4.78. The number of unbranched alkanes of at least 4 members (excludes halogenated alkanes) is 1. The predicted octanol–water partition coefficient (Wildman–Crippen LogP) is 3.36. The molecule has 0 saturated heterocycles. The molecule has 0 saturated carbocycles. The minimum Gasteiger partial charge on any atom is -0.365 e. The summed E-state index contributed by atoms with van der Waals surface area (Å²) in [6.07, 6.45) is 6.59. The molecule has 1 heterocycles. The van der Waals surface area contributed by atoms with Crippen molar-refractivity contribution in [1.29, 1.82) is 0 Å². The maximum atomic E-state index is 4.83. The largest absolute Gasteiger partial charge is 0.365 e. The molecule has 2 nitrogen and oxygen atoms in total. The lowest BCUT2D eigenvalue weighted by atomic mass is 9.96. The molecule has 0 aliphatic carbocycles. The Balaban J connectivity index is 2.45. The van der Waals surface area contributed by atoms with E-state index in [0.29, 0.717) is 5.92 Å². The number of rotatable bonds is 5. The van der Waals surface area contributed by atoms with Gasteiger partial charge in [-0.1, -0.05) is 31.8 Å². The van der Waals surface area contributed by atoms with Crippen molar-refractivity contribution in [3.8, 4) is 0 Å². The fourth-order valence-corrected chi connectivity index (χ4v) is 1.44. The Labute approximate surface area is 74.0 Å². The van der Waals surface area contributed by atoms with E-state index in [4.69, 9.17) is 4.52 Å². The Morgan fingerprint density at radius 2 is 2.33 bits per heavy atom. The average Bonchev–Trinajstić information content (AvgIpc) is 2.59. The van der Waals surface area contributed by atoms with Gasteiger partial charge in [-0.3, -0.25) is 0 Å². The fraction of sp³-hybridized carbons (Fsp3) is 0.700. The van der Waals surface area contributed by atoms with Crippen LogP contribution in [0.5, 0.6) is 0 Å². The zero-order valence-electron chi connectivity index (χ0n) is 7.92. The second-order valence-electron chi connectivity index (χ2n) is 3.17. The SMILES string of the molecule is CCCCC(CC)c1ccon1. The molecule has 1 atom stereocenters. The lowest BCUT2D eigenvalue weighted by molar-refractivity contribution is 0.399. The quantitative estimate of drug-likeness (QED) is 0.672. The van der Waals surface area contributed by atoms with E-state index >= 15 is 0 Å². The molecule has 0 aliphatic rings. The van der Waals surface area contributed by atoms with Crippen LogP contribution in [0.25, 0.3) is 0 Å². The van der Waals surface area contributed by atoms with Gasteiger partial charge in [0, 0.05) is 12.0 Å². The highest BCUT2D eigenvalue weighted by molar-refractivity contribution is 5.03. The normalized spacial score (nSPS) is 13.2. The third-order valence-corrected chi connectivity index (χ3v) is 2.27. The van der Waals surface area contributed by atoms with Gasteiger partial charge in [0.25, 0.3) is 0 Å². The van der Waals surface area contributed by atoms with Crippen LogP contribution in [0.2, 0.25) is 0 Å². The van der Waals surface area contributed by atoms with Crippen LogP contribution in [0, 0.1) is 0 Å². The smallest absolute Gasteiger partial charge is 0.124 e. The van der Waals surface area contributed by atoms with Crippen molar-refractivity contribution in [2.24, 2.45) is 0 Å². The molecule has 0 amide bonds. The maximum Gasteiger partial charge on any atom is 0.124 e. The Morgan fingerprint density at radius 1 is 1.50 bits per heavy atom.